The Morgan fingerprint density at radius 2 is 1.55 bits per heavy atom. The van der Waals surface area contributed by atoms with Crippen LogP contribution in [-0.2, 0) is 14.3 Å². The number of ether oxygens (including phenoxy) is 2. The van der Waals surface area contributed by atoms with Gasteiger partial charge in [0, 0.05) is 14.2 Å². The van der Waals surface area contributed by atoms with Crippen LogP contribution in [0.25, 0.3) is 0 Å². The zero-order chi connectivity index (χ0) is 16.6. The van der Waals surface area contributed by atoms with Crippen molar-refractivity contribution in [2.45, 2.75) is 70.5 Å². The molecular formula is C17H29NO4. The highest BCUT2D eigenvalue weighted by Crippen LogP contribution is 2.12. The van der Waals surface area contributed by atoms with Crippen molar-refractivity contribution in [3.63, 3.8) is 0 Å². The Bertz CT molecular complexity index is 356. The molecule has 0 aromatic rings. The van der Waals surface area contributed by atoms with Crippen molar-refractivity contribution >= 4 is 5.97 Å². The van der Waals surface area contributed by atoms with Crippen molar-refractivity contribution in [3.05, 3.63) is 11.6 Å². The largest absolute Gasteiger partial charge is 0.477 e. The molecule has 0 aliphatic rings. The van der Waals surface area contributed by atoms with Crippen LogP contribution < -0.4 is 0 Å². The van der Waals surface area contributed by atoms with Crippen LogP contribution in [0.4, 0.5) is 0 Å². The van der Waals surface area contributed by atoms with Crippen LogP contribution >= 0.6 is 0 Å². The van der Waals surface area contributed by atoms with Crippen LogP contribution in [0.2, 0.25) is 0 Å². The minimum absolute atomic E-state index is 0.0721. The van der Waals surface area contributed by atoms with Crippen molar-refractivity contribution in [1.29, 1.82) is 5.26 Å². The molecule has 0 saturated carbocycles. The van der Waals surface area contributed by atoms with Gasteiger partial charge in [-0.25, -0.2) is 4.79 Å². The smallest absolute Gasteiger partial charge is 0.346 e. The van der Waals surface area contributed by atoms with Gasteiger partial charge in [0.15, 0.2) is 6.29 Å². The maximum atomic E-state index is 10.6. The lowest BCUT2D eigenvalue weighted by molar-refractivity contribution is -0.132. The SMILES string of the molecule is COC(CCCCCCCCCC/C=C(\C#N)C(=O)O)OC. The molecule has 0 aromatic carbocycles. The van der Waals surface area contributed by atoms with Gasteiger partial charge >= 0.3 is 5.97 Å². The van der Waals surface area contributed by atoms with Crippen molar-refractivity contribution < 1.29 is 19.4 Å². The first-order valence-corrected chi connectivity index (χ1v) is 8.04. The van der Waals surface area contributed by atoms with Gasteiger partial charge in [-0.2, -0.15) is 5.26 Å². The van der Waals surface area contributed by atoms with E-state index in [1.54, 1.807) is 20.3 Å². The fourth-order valence-electron chi connectivity index (χ4n) is 2.28. The van der Waals surface area contributed by atoms with E-state index in [9.17, 15) is 4.79 Å². The summed E-state index contributed by atoms with van der Waals surface area (Å²) in [6, 6.07) is 1.69. The molecule has 0 heterocycles. The third-order valence-corrected chi connectivity index (χ3v) is 3.62. The van der Waals surface area contributed by atoms with Crippen molar-refractivity contribution in [1.82, 2.24) is 0 Å². The average Bonchev–Trinajstić information content (AvgIpc) is 2.52. The molecule has 126 valence electrons. The number of carboxylic acids is 1. The Kier molecular flexibility index (Phi) is 13.6. The number of allylic oxidation sites excluding steroid dienone is 1. The molecule has 0 bridgehead atoms. The zero-order valence-corrected chi connectivity index (χ0v) is 13.8. The van der Waals surface area contributed by atoms with Crippen LogP contribution in [0.15, 0.2) is 11.6 Å². The molecule has 5 nitrogen and oxygen atoms in total. The van der Waals surface area contributed by atoms with Crippen molar-refractivity contribution in [3.8, 4) is 6.07 Å². The van der Waals surface area contributed by atoms with E-state index in [0.717, 1.165) is 25.7 Å². The molecule has 0 aromatic heterocycles. The van der Waals surface area contributed by atoms with E-state index in [2.05, 4.69) is 0 Å². The predicted octanol–water partition coefficient (Wildman–Crippen LogP) is 4.04. The third kappa shape index (κ3) is 11.3. The predicted molar refractivity (Wildman–Crippen MR) is 85.3 cm³/mol. The summed E-state index contributed by atoms with van der Waals surface area (Å²) < 4.78 is 10.3. The maximum Gasteiger partial charge on any atom is 0.346 e. The molecule has 22 heavy (non-hydrogen) atoms. The van der Waals surface area contributed by atoms with Gasteiger partial charge in [0.05, 0.1) is 0 Å². The van der Waals surface area contributed by atoms with Crippen LogP contribution in [0.5, 0.6) is 0 Å². The third-order valence-electron chi connectivity index (χ3n) is 3.62. The summed E-state index contributed by atoms with van der Waals surface area (Å²) >= 11 is 0. The van der Waals surface area contributed by atoms with E-state index >= 15 is 0 Å². The average molecular weight is 311 g/mol. The Morgan fingerprint density at radius 1 is 1.05 bits per heavy atom. The highest BCUT2D eigenvalue weighted by Gasteiger charge is 2.04. The highest BCUT2D eigenvalue weighted by molar-refractivity contribution is 5.90. The van der Waals surface area contributed by atoms with Crippen LogP contribution in [0, 0.1) is 11.3 Å². The maximum absolute atomic E-state index is 10.6. The number of unbranched alkanes of at least 4 members (excludes halogenated alkanes) is 8. The van der Waals surface area contributed by atoms with E-state index in [4.69, 9.17) is 19.8 Å². The van der Waals surface area contributed by atoms with E-state index in [-0.39, 0.29) is 11.9 Å². The summed E-state index contributed by atoms with van der Waals surface area (Å²) in [5, 5.41) is 17.3. The van der Waals surface area contributed by atoms with E-state index in [1.807, 2.05) is 0 Å². The summed E-state index contributed by atoms with van der Waals surface area (Å²) in [7, 11) is 3.33. The summed E-state index contributed by atoms with van der Waals surface area (Å²) in [5.41, 5.74) is -0.148. The molecule has 0 unspecified atom stereocenters. The van der Waals surface area contributed by atoms with E-state index in [1.165, 1.54) is 38.2 Å². The topological polar surface area (TPSA) is 79.5 Å². The fraction of sp³-hybridized carbons (Fsp3) is 0.765. The van der Waals surface area contributed by atoms with Crippen LogP contribution in [0.3, 0.4) is 0 Å². The second-order valence-corrected chi connectivity index (χ2v) is 5.34. The molecule has 0 amide bonds. The quantitative estimate of drug-likeness (QED) is 0.227. The molecule has 0 aliphatic carbocycles. The first kappa shape index (κ1) is 20.6. The second-order valence-electron chi connectivity index (χ2n) is 5.34. The Labute approximate surface area is 133 Å². The molecule has 5 heteroatoms. The molecule has 0 radical (unpaired) electrons. The minimum Gasteiger partial charge on any atom is -0.477 e. The number of nitriles is 1. The van der Waals surface area contributed by atoms with E-state index < -0.39 is 5.97 Å². The zero-order valence-electron chi connectivity index (χ0n) is 13.8. The molecule has 0 atom stereocenters. The molecule has 0 saturated heterocycles. The number of hydrogen-bond acceptors (Lipinski definition) is 4. The molecular weight excluding hydrogens is 282 g/mol. The lowest BCUT2D eigenvalue weighted by Crippen LogP contribution is -2.12. The molecule has 0 rings (SSSR count). The van der Waals surface area contributed by atoms with Gasteiger partial charge in [-0.05, 0) is 25.7 Å². The highest BCUT2D eigenvalue weighted by atomic mass is 16.7. The summed E-state index contributed by atoms with van der Waals surface area (Å²) in [5.74, 6) is -1.13. The van der Waals surface area contributed by atoms with Crippen molar-refractivity contribution in [2.24, 2.45) is 0 Å². The van der Waals surface area contributed by atoms with Gasteiger partial charge in [-0.1, -0.05) is 44.6 Å². The van der Waals surface area contributed by atoms with Crippen molar-refractivity contribution in [2.75, 3.05) is 14.2 Å². The van der Waals surface area contributed by atoms with Crippen LogP contribution in [-0.4, -0.2) is 31.6 Å². The minimum atomic E-state index is -1.13. The number of carbonyl (C=O) groups is 1. The lowest BCUT2D eigenvalue weighted by atomic mass is 10.1. The fourth-order valence-corrected chi connectivity index (χ4v) is 2.28. The number of nitrogens with zero attached hydrogens (tertiary/aromatic N) is 1. The van der Waals surface area contributed by atoms with Gasteiger partial charge in [0.1, 0.15) is 11.6 Å². The monoisotopic (exact) mass is 311 g/mol. The van der Waals surface area contributed by atoms with Crippen LogP contribution in [0.1, 0.15) is 64.2 Å². The molecule has 1 N–H and O–H groups in total. The second kappa shape index (κ2) is 14.6. The lowest BCUT2D eigenvalue weighted by Gasteiger charge is -2.12. The Morgan fingerprint density at radius 3 is 2.00 bits per heavy atom. The number of methoxy groups -OCH3 is 2. The standard InChI is InChI=1S/C17H29NO4/c1-21-16(22-2)13-11-9-7-5-3-4-6-8-10-12-15(14-18)17(19)20/h12,16H,3-11,13H2,1-2H3,(H,19,20)/b15-12+. The molecule has 0 fully saturated rings. The summed E-state index contributed by atoms with van der Waals surface area (Å²) in [4.78, 5) is 10.6. The Hall–Kier alpha value is -1.38. The number of aliphatic carboxylic acids is 1. The number of carboxylic acid groups (broad SMARTS) is 1. The van der Waals surface area contributed by atoms with E-state index in [0.29, 0.717) is 6.42 Å². The number of hydrogen-bond donors (Lipinski definition) is 1. The van der Waals surface area contributed by atoms with Gasteiger partial charge in [-0.15, -0.1) is 0 Å². The normalized spacial score (nSPS) is 11.6. The van der Waals surface area contributed by atoms with Gasteiger partial charge in [-0.3, -0.25) is 0 Å². The molecule has 0 aliphatic heterocycles. The Balaban J connectivity index is 3.38. The summed E-state index contributed by atoms with van der Waals surface area (Å²) in [6.07, 6.45) is 12.3. The van der Waals surface area contributed by atoms with Gasteiger partial charge < -0.3 is 14.6 Å². The number of rotatable bonds is 14. The van der Waals surface area contributed by atoms with Gasteiger partial charge in [0.25, 0.3) is 0 Å². The molecule has 0 spiro atoms. The summed E-state index contributed by atoms with van der Waals surface area (Å²) in [6.45, 7) is 0. The first-order valence-electron chi connectivity index (χ1n) is 8.04. The van der Waals surface area contributed by atoms with Gasteiger partial charge in [0.2, 0.25) is 0 Å². The first-order chi connectivity index (χ1) is 10.7.